The van der Waals surface area contributed by atoms with Gasteiger partial charge in [-0.05, 0) is 40.2 Å². The molecule has 1 heterocycles. The average molecular weight is 417 g/mol. The molecule has 0 unspecified atom stereocenters. The molecule has 3 aromatic rings. The van der Waals surface area contributed by atoms with Crippen LogP contribution >= 0.6 is 15.9 Å². The summed E-state index contributed by atoms with van der Waals surface area (Å²) in [6.45, 7) is -0.397. The van der Waals surface area contributed by atoms with E-state index in [0.29, 0.717) is 15.6 Å². The van der Waals surface area contributed by atoms with Gasteiger partial charge in [0.2, 0.25) is 5.89 Å². The van der Waals surface area contributed by atoms with Crippen molar-refractivity contribution < 1.29 is 14.0 Å². The Hall–Kier alpha value is -3.20. The average Bonchev–Trinajstić information content (AvgIpc) is 3.01. The van der Waals surface area contributed by atoms with Gasteiger partial charge in [0.1, 0.15) is 6.54 Å². The fourth-order valence-electron chi connectivity index (χ4n) is 2.12. The number of hydrogen-bond acceptors (Lipinski definition) is 5. The van der Waals surface area contributed by atoms with E-state index in [-0.39, 0.29) is 5.89 Å². The number of nitrogens with one attached hydrogen (secondary N) is 2. The quantitative estimate of drug-likeness (QED) is 0.629. The maximum absolute atomic E-state index is 12.0. The van der Waals surface area contributed by atoms with E-state index in [4.69, 9.17) is 4.42 Å². The van der Waals surface area contributed by atoms with Crippen LogP contribution in [0.25, 0.3) is 11.5 Å². The lowest BCUT2D eigenvalue weighted by Gasteiger charge is -2.07. The lowest BCUT2D eigenvalue weighted by atomic mass is 10.2. The van der Waals surface area contributed by atoms with Crippen LogP contribution in [0.15, 0.2) is 68.3 Å². The largest absolute Gasteiger partial charge is 0.437 e. The number of halogens is 1. The van der Waals surface area contributed by atoms with Crippen LogP contribution < -0.4 is 16.6 Å². The second-order valence-corrected chi connectivity index (χ2v) is 6.03. The van der Waals surface area contributed by atoms with Gasteiger partial charge in [-0.2, -0.15) is 4.68 Å². The van der Waals surface area contributed by atoms with Gasteiger partial charge in [0.25, 0.3) is 11.8 Å². The molecule has 26 heavy (non-hydrogen) atoms. The summed E-state index contributed by atoms with van der Waals surface area (Å²) in [6, 6.07) is 15.6. The fraction of sp³-hybridized carbons (Fsp3) is 0.0588. The number of carbonyl (C=O) groups excluding carboxylic acids is 2. The molecular weight excluding hydrogens is 404 g/mol. The van der Waals surface area contributed by atoms with Crippen molar-refractivity contribution in [2.24, 2.45) is 0 Å². The summed E-state index contributed by atoms with van der Waals surface area (Å²) in [7, 11) is 0. The van der Waals surface area contributed by atoms with Gasteiger partial charge in [-0.3, -0.25) is 20.4 Å². The molecular formula is C17H13BrN4O4. The molecule has 2 amide bonds. The van der Waals surface area contributed by atoms with Crippen molar-refractivity contribution in [1.82, 2.24) is 20.6 Å². The summed E-state index contributed by atoms with van der Waals surface area (Å²) in [5.41, 5.74) is 5.48. The second kappa shape index (κ2) is 7.79. The number of hydrogen-bond donors (Lipinski definition) is 2. The van der Waals surface area contributed by atoms with Crippen molar-refractivity contribution in [3.63, 3.8) is 0 Å². The van der Waals surface area contributed by atoms with Crippen molar-refractivity contribution in [2.45, 2.75) is 6.54 Å². The summed E-state index contributed by atoms with van der Waals surface area (Å²) in [5, 5.41) is 3.98. The number of hydrazine groups is 1. The highest BCUT2D eigenvalue weighted by Crippen LogP contribution is 2.15. The van der Waals surface area contributed by atoms with Gasteiger partial charge < -0.3 is 4.42 Å². The lowest BCUT2D eigenvalue weighted by molar-refractivity contribution is -0.122. The van der Waals surface area contributed by atoms with Gasteiger partial charge in [-0.15, -0.1) is 5.10 Å². The molecule has 0 aliphatic rings. The summed E-state index contributed by atoms with van der Waals surface area (Å²) in [6.07, 6.45) is 0. The smallest absolute Gasteiger partial charge is 0.388 e. The second-order valence-electron chi connectivity index (χ2n) is 5.18. The Morgan fingerprint density at radius 1 is 1.04 bits per heavy atom. The first-order valence-electron chi connectivity index (χ1n) is 7.51. The predicted octanol–water partition coefficient (Wildman–Crippen LogP) is 1.73. The maximum atomic E-state index is 12.0. The molecule has 0 radical (unpaired) electrons. The van der Waals surface area contributed by atoms with E-state index >= 15 is 0 Å². The van der Waals surface area contributed by atoms with Gasteiger partial charge in [0.05, 0.1) is 5.56 Å². The number of carbonyl (C=O) groups is 2. The van der Waals surface area contributed by atoms with E-state index in [1.165, 1.54) is 0 Å². The summed E-state index contributed by atoms with van der Waals surface area (Å²) < 4.78 is 6.50. The van der Waals surface area contributed by atoms with Crippen LogP contribution in [-0.4, -0.2) is 21.6 Å². The van der Waals surface area contributed by atoms with Crippen molar-refractivity contribution in [2.75, 3.05) is 0 Å². The van der Waals surface area contributed by atoms with Crippen molar-refractivity contribution in [3.8, 4) is 11.5 Å². The van der Waals surface area contributed by atoms with Gasteiger partial charge >= 0.3 is 5.76 Å². The highest BCUT2D eigenvalue weighted by Gasteiger charge is 2.14. The molecule has 0 saturated carbocycles. The summed E-state index contributed by atoms with van der Waals surface area (Å²) >= 11 is 3.25. The molecule has 0 spiro atoms. The number of aromatic nitrogens is 2. The van der Waals surface area contributed by atoms with Crippen molar-refractivity contribution in [1.29, 1.82) is 0 Å². The van der Waals surface area contributed by atoms with Gasteiger partial charge in [0, 0.05) is 10.0 Å². The molecule has 132 valence electrons. The number of nitrogens with zero attached hydrogens (tertiary/aromatic N) is 2. The summed E-state index contributed by atoms with van der Waals surface area (Å²) in [4.78, 5) is 35.8. The van der Waals surface area contributed by atoms with E-state index in [1.807, 2.05) is 6.07 Å². The molecule has 0 fully saturated rings. The fourth-order valence-corrected chi connectivity index (χ4v) is 2.58. The van der Waals surface area contributed by atoms with Gasteiger partial charge in [0.15, 0.2) is 0 Å². The van der Waals surface area contributed by atoms with Crippen molar-refractivity contribution >= 4 is 27.7 Å². The van der Waals surface area contributed by atoms with Crippen LogP contribution in [0.3, 0.4) is 0 Å². The van der Waals surface area contributed by atoms with Crippen LogP contribution in [0.1, 0.15) is 10.4 Å². The lowest BCUT2D eigenvalue weighted by Crippen LogP contribution is -2.44. The van der Waals surface area contributed by atoms with Crippen LogP contribution in [0.2, 0.25) is 0 Å². The zero-order valence-electron chi connectivity index (χ0n) is 13.3. The first-order valence-corrected chi connectivity index (χ1v) is 8.31. The van der Waals surface area contributed by atoms with E-state index < -0.39 is 24.1 Å². The standard InChI is InChI=1S/C17H13BrN4O4/c18-13-9-5-4-8-12(13)15(24)20-19-14(23)10-22-17(25)26-16(21-22)11-6-2-1-3-7-11/h1-9H,10H2,(H,19,23)(H,20,24). The Morgan fingerprint density at radius 3 is 2.46 bits per heavy atom. The molecule has 9 heteroatoms. The maximum Gasteiger partial charge on any atom is 0.437 e. The number of benzene rings is 2. The van der Waals surface area contributed by atoms with Crippen LogP contribution in [0, 0.1) is 0 Å². The molecule has 1 aromatic heterocycles. The zero-order chi connectivity index (χ0) is 18.5. The highest BCUT2D eigenvalue weighted by molar-refractivity contribution is 9.10. The van der Waals surface area contributed by atoms with E-state index in [2.05, 4.69) is 31.9 Å². The molecule has 8 nitrogen and oxygen atoms in total. The van der Waals surface area contributed by atoms with Crippen LogP contribution in [0.5, 0.6) is 0 Å². The molecule has 0 atom stereocenters. The Morgan fingerprint density at radius 2 is 1.73 bits per heavy atom. The SMILES string of the molecule is O=C(Cn1nc(-c2ccccc2)oc1=O)NNC(=O)c1ccccc1Br. The van der Waals surface area contributed by atoms with Crippen LogP contribution in [0.4, 0.5) is 0 Å². The van der Waals surface area contributed by atoms with Gasteiger partial charge in [-0.25, -0.2) is 4.79 Å². The number of amides is 2. The molecule has 0 bridgehead atoms. The van der Waals surface area contributed by atoms with Crippen molar-refractivity contribution in [3.05, 3.63) is 75.2 Å². The molecule has 3 rings (SSSR count). The highest BCUT2D eigenvalue weighted by atomic mass is 79.9. The molecule has 0 aliphatic heterocycles. The topological polar surface area (TPSA) is 106 Å². The minimum Gasteiger partial charge on any atom is -0.388 e. The summed E-state index contributed by atoms with van der Waals surface area (Å²) in [5.74, 6) is -1.78. The first kappa shape index (κ1) is 17.6. The minimum absolute atomic E-state index is 0.112. The zero-order valence-corrected chi connectivity index (χ0v) is 14.9. The molecule has 0 aliphatic carbocycles. The number of rotatable bonds is 4. The Bertz CT molecular complexity index is 997. The first-order chi connectivity index (χ1) is 12.5. The Balaban J connectivity index is 1.62. The third-order valence-electron chi connectivity index (χ3n) is 3.35. The third kappa shape index (κ3) is 4.06. The van der Waals surface area contributed by atoms with E-state index in [9.17, 15) is 14.4 Å². The Kier molecular flexibility index (Phi) is 5.28. The monoisotopic (exact) mass is 416 g/mol. The van der Waals surface area contributed by atoms with Gasteiger partial charge in [-0.1, -0.05) is 30.3 Å². The van der Waals surface area contributed by atoms with E-state index in [0.717, 1.165) is 4.68 Å². The van der Waals surface area contributed by atoms with E-state index in [1.54, 1.807) is 48.5 Å². The molecule has 2 aromatic carbocycles. The Labute approximate surface area is 155 Å². The normalized spacial score (nSPS) is 10.3. The van der Waals surface area contributed by atoms with Crippen LogP contribution in [-0.2, 0) is 11.3 Å². The third-order valence-corrected chi connectivity index (χ3v) is 4.05. The molecule has 0 saturated heterocycles. The minimum atomic E-state index is -0.767. The molecule has 2 N–H and O–H groups in total. The predicted molar refractivity (Wildman–Crippen MR) is 95.9 cm³/mol.